The standard InChI is InChI=1S/C26H28ClN5O2/c1-16-12-20(32-8-10-34-11-9-32)14-22-24(16)31-25(30-22)23-21(6-7-28-26(23)33)29-15-17(2)18-4-3-5-19(27)13-18/h3-7,12-14,17H,8-11,15H2,1-2H3,(H,30,31)(H2,28,29,33)/t17-/m1/s1. The number of morpholine rings is 1. The van der Waals surface area contributed by atoms with Crippen LogP contribution in [0.4, 0.5) is 11.4 Å². The summed E-state index contributed by atoms with van der Waals surface area (Å²) in [7, 11) is 0. The number of hydrogen-bond acceptors (Lipinski definition) is 5. The number of anilines is 2. The summed E-state index contributed by atoms with van der Waals surface area (Å²) >= 11 is 6.16. The third kappa shape index (κ3) is 4.54. The molecule has 5 rings (SSSR count). The molecule has 0 bridgehead atoms. The normalized spacial score (nSPS) is 15.0. The van der Waals surface area contributed by atoms with E-state index in [1.807, 2.05) is 24.3 Å². The minimum absolute atomic E-state index is 0.189. The SMILES string of the molecule is Cc1cc(N2CCOCC2)cc2[nH]c(-c3c(NC[C@@H](C)c4cccc(Cl)c4)cc[nH]c3=O)nc12. The predicted molar refractivity (Wildman–Crippen MR) is 138 cm³/mol. The number of H-pyrrole nitrogens is 2. The highest BCUT2D eigenvalue weighted by atomic mass is 35.5. The van der Waals surface area contributed by atoms with Gasteiger partial charge in [0.2, 0.25) is 0 Å². The molecule has 2 aromatic heterocycles. The van der Waals surface area contributed by atoms with Crippen molar-refractivity contribution in [2.45, 2.75) is 19.8 Å². The molecule has 2 aromatic carbocycles. The number of nitrogens with zero attached hydrogens (tertiary/aromatic N) is 2. The molecule has 1 atom stereocenters. The first-order valence-electron chi connectivity index (χ1n) is 11.5. The first-order chi connectivity index (χ1) is 16.5. The number of imidazole rings is 1. The Hall–Kier alpha value is -3.29. The van der Waals surface area contributed by atoms with Crippen LogP contribution in [-0.2, 0) is 4.74 Å². The summed E-state index contributed by atoms with van der Waals surface area (Å²) in [5.74, 6) is 0.761. The fourth-order valence-corrected chi connectivity index (χ4v) is 4.65. The summed E-state index contributed by atoms with van der Waals surface area (Å²) in [6.45, 7) is 8.02. The third-order valence-corrected chi connectivity index (χ3v) is 6.59. The number of pyridine rings is 1. The largest absolute Gasteiger partial charge is 0.384 e. The van der Waals surface area contributed by atoms with Crippen molar-refractivity contribution in [2.75, 3.05) is 43.1 Å². The summed E-state index contributed by atoms with van der Waals surface area (Å²) in [4.78, 5) is 26.2. The molecular formula is C26H28ClN5O2. The number of benzene rings is 2. The third-order valence-electron chi connectivity index (χ3n) is 6.35. The van der Waals surface area contributed by atoms with E-state index in [4.69, 9.17) is 21.3 Å². The first kappa shape index (κ1) is 22.5. The smallest absolute Gasteiger partial charge is 0.261 e. The maximum Gasteiger partial charge on any atom is 0.261 e. The highest BCUT2D eigenvalue weighted by Gasteiger charge is 2.18. The van der Waals surface area contributed by atoms with Gasteiger partial charge in [0, 0.05) is 36.5 Å². The van der Waals surface area contributed by atoms with Crippen LogP contribution >= 0.6 is 11.6 Å². The van der Waals surface area contributed by atoms with Gasteiger partial charge in [-0.15, -0.1) is 0 Å². The second-order valence-electron chi connectivity index (χ2n) is 8.78. The van der Waals surface area contributed by atoms with Gasteiger partial charge in [0.05, 0.1) is 29.9 Å². The number of aromatic amines is 2. The van der Waals surface area contributed by atoms with Crippen LogP contribution in [0.1, 0.15) is 24.0 Å². The molecule has 0 saturated carbocycles. The quantitative estimate of drug-likeness (QED) is 0.366. The molecular weight excluding hydrogens is 450 g/mol. The van der Waals surface area contributed by atoms with Gasteiger partial charge in [-0.05, 0) is 54.3 Å². The van der Waals surface area contributed by atoms with E-state index >= 15 is 0 Å². The van der Waals surface area contributed by atoms with Crippen molar-refractivity contribution in [1.29, 1.82) is 0 Å². The topological polar surface area (TPSA) is 86.0 Å². The Kier molecular flexibility index (Phi) is 6.30. The zero-order chi connectivity index (χ0) is 23.7. The van der Waals surface area contributed by atoms with Gasteiger partial charge in [0.1, 0.15) is 11.4 Å². The Labute approximate surface area is 203 Å². The number of nitrogens with one attached hydrogen (secondary N) is 3. The molecule has 0 spiro atoms. The van der Waals surface area contributed by atoms with Crippen LogP contribution in [0.2, 0.25) is 5.02 Å². The number of hydrogen-bond donors (Lipinski definition) is 3. The maximum atomic E-state index is 12.9. The Bertz CT molecular complexity index is 1370. The lowest BCUT2D eigenvalue weighted by Gasteiger charge is -2.29. The van der Waals surface area contributed by atoms with Crippen LogP contribution in [0, 0.1) is 6.92 Å². The summed E-state index contributed by atoms with van der Waals surface area (Å²) in [5.41, 5.74) is 6.18. The van der Waals surface area contributed by atoms with E-state index in [1.54, 1.807) is 6.20 Å². The second-order valence-corrected chi connectivity index (χ2v) is 9.21. The highest BCUT2D eigenvalue weighted by molar-refractivity contribution is 6.30. The molecule has 3 heterocycles. The van der Waals surface area contributed by atoms with E-state index in [0.717, 1.165) is 64.9 Å². The van der Waals surface area contributed by atoms with Crippen LogP contribution in [-0.4, -0.2) is 47.8 Å². The van der Waals surface area contributed by atoms with Crippen molar-refractivity contribution in [1.82, 2.24) is 15.0 Å². The molecule has 1 fully saturated rings. The van der Waals surface area contributed by atoms with Gasteiger partial charge in [0.25, 0.3) is 5.56 Å². The molecule has 1 aliphatic heterocycles. The molecule has 176 valence electrons. The van der Waals surface area contributed by atoms with E-state index in [1.165, 1.54) is 0 Å². The van der Waals surface area contributed by atoms with Crippen molar-refractivity contribution < 1.29 is 4.74 Å². The number of fused-ring (bicyclic) bond motifs is 1. The van der Waals surface area contributed by atoms with Crippen molar-refractivity contribution in [2.24, 2.45) is 0 Å². The van der Waals surface area contributed by atoms with E-state index < -0.39 is 0 Å². The van der Waals surface area contributed by atoms with Crippen molar-refractivity contribution in [3.63, 3.8) is 0 Å². The molecule has 0 aliphatic carbocycles. The van der Waals surface area contributed by atoms with E-state index in [-0.39, 0.29) is 11.5 Å². The number of aryl methyl sites for hydroxylation is 1. The van der Waals surface area contributed by atoms with Crippen molar-refractivity contribution in [3.05, 3.63) is 75.2 Å². The minimum Gasteiger partial charge on any atom is -0.384 e. The fraction of sp³-hybridized carbons (Fsp3) is 0.308. The molecule has 4 aromatic rings. The van der Waals surface area contributed by atoms with Gasteiger partial charge in [-0.1, -0.05) is 30.7 Å². The average Bonchev–Trinajstić information content (AvgIpc) is 3.27. The van der Waals surface area contributed by atoms with Crippen LogP contribution < -0.4 is 15.8 Å². The predicted octanol–water partition coefficient (Wildman–Crippen LogP) is 4.93. The maximum absolute atomic E-state index is 12.9. The van der Waals surface area contributed by atoms with E-state index in [9.17, 15) is 4.79 Å². The van der Waals surface area contributed by atoms with Gasteiger partial charge < -0.3 is 24.9 Å². The monoisotopic (exact) mass is 477 g/mol. The van der Waals surface area contributed by atoms with Gasteiger partial charge >= 0.3 is 0 Å². The van der Waals surface area contributed by atoms with Gasteiger partial charge in [-0.2, -0.15) is 0 Å². The van der Waals surface area contributed by atoms with Gasteiger partial charge in [0.15, 0.2) is 0 Å². The van der Waals surface area contributed by atoms with E-state index in [2.05, 4.69) is 52.2 Å². The van der Waals surface area contributed by atoms with Gasteiger partial charge in [-0.25, -0.2) is 4.98 Å². The lowest BCUT2D eigenvalue weighted by atomic mass is 10.0. The average molecular weight is 478 g/mol. The zero-order valence-electron chi connectivity index (χ0n) is 19.3. The van der Waals surface area contributed by atoms with Crippen molar-refractivity contribution in [3.8, 4) is 11.4 Å². The number of halogens is 1. The molecule has 7 nitrogen and oxygen atoms in total. The van der Waals surface area contributed by atoms with Gasteiger partial charge in [-0.3, -0.25) is 4.79 Å². The molecule has 1 aliphatic rings. The lowest BCUT2D eigenvalue weighted by Crippen LogP contribution is -2.36. The Morgan fingerprint density at radius 1 is 1.21 bits per heavy atom. The molecule has 0 radical (unpaired) electrons. The number of ether oxygens (including phenoxy) is 1. The summed E-state index contributed by atoms with van der Waals surface area (Å²) < 4.78 is 5.49. The van der Waals surface area contributed by atoms with Crippen molar-refractivity contribution >= 4 is 34.0 Å². The first-order valence-corrected chi connectivity index (χ1v) is 11.9. The number of aromatic nitrogens is 3. The summed E-state index contributed by atoms with van der Waals surface area (Å²) in [5, 5.41) is 4.16. The molecule has 34 heavy (non-hydrogen) atoms. The van der Waals surface area contributed by atoms with E-state index in [0.29, 0.717) is 17.9 Å². The lowest BCUT2D eigenvalue weighted by molar-refractivity contribution is 0.122. The Morgan fingerprint density at radius 2 is 2.03 bits per heavy atom. The molecule has 0 amide bonds. The Balaban J connectivity index is 1.46. The van der Waals surface area contributed by atoms with Crippen LogP contribution in [0.3, 0.4) is 0 Å². The molecule has 1 saturated heterocycles. The zero-order valence-corrected chi connectivity index (χ0v) is 20.1. The van der Waals surface area contributed by atoms with Crippen LogP contribution in [0.5, 0.6) is 0 Å². The molecule has 3 N–H and O–H groups in total. The highest BCUT2D eigenvalue weighted by Crippen LogP contribution is 2.30. The molecule has 0 unspecified atom stereocenters. The van der Waals surface area contributed by atoms with Crippen LogP contribution in [0.15, 0.2) is 53.5 Å². The van der Waals surface area contributed by atoms with Crippen LogP contribution in [0.25, 0.3) is 22.4 Å². The summed E-state index contributed by atoms with van der Waals surface area (Å²) in [6, 6.07) is 14.0. The summed E-state index contributed by atoms with van der Waals surface area (Å²) in [6.07, 6.45) is 1.66. The fourth-order valence-electron chi connectivity index (χ4n) is 4.45. The molecule has 8 heteroatoms. The minimum atomic E-state index is -0.189. The number of rotatable bonds is 6. The Morgan fingerprint density at radius 3 is 2.82 bits per heavy atom. The second kappa shape index (κ2) is 9.52.